The highest BCUT2D eigenvalue weighted by molar-refractivity contribution is 7.18. The topological polar surface area (TPSA) is 97.6 Å². The van der Waals surface area contributed by atoms with Crippen molar-refractivity contribution >= 4 is 27.6 Å². The first-order valence-electron chi connectivity index (χ1n) is 11.4. The number of piperidine rings is 1. The highest BCUT2D eigenvalue weighted by Gasteiger charge is 2.44. The Hall–Kier alpha value is -3.29. The third kappa shape index (κ3) is 4.66. The van der Waals surface area contributed by atoms with E-state index < -0.39 is 11.4 Å². The summed E-state index contributed by atoms with van der Waals surface area (Å²) >= 11 is 1.39. The summed E-state index contributed by atoms with van der Waals surface area (Å²) in [4.78, 5) is 23.1. The smallest absolute Gasteiger partial charge is 0.410 e. The monoisotopic (exact) mass is 496 g/mol. The fourth-order valence-electron chi connectivity index (χ4n) is 4.60. The average molecular weight is 497 g/mol. The number of fused-ring (bicyclic) bond motifs is 3. The van der Waals surface area contributed by atoms with Crippen LogP contribution in [0.25, 0.3) is 21.3 Å². The van der Waals surface area contributed by atoms with E-state index >= 15 is 0 Å². The lowest BCUT2D eigenvalue weighted by Crippen LogP contribution is -2.59. The molecular formula is C25H25FN4O4S. The number of nitriles is 1. The molecule has 35 heavy (non-hydrogen) atoms. The van der Waals surface area contributed by atoms with Gasteiger partial charge in [-0.2, -0.15) is 5.26 Å². The normalized spacial score (nSPS) is 22.0. The van der Waals surface area contributed by atoms with Crippen LogP contribution in [0.4, 0.5) is 9.18 Å². The Morgan fingerprint density at radius 3 is 2.63 bits per heavy atom. The Morgan fingerprint density at radius 2 is 1.97 bits per heavy atom. The lowest BCUT2D eigenvalue weighted by atomic mass is 9.84. The number of carbonyl (C=O) groups excluding carboxylic acids is 1. The molecule has 8 nitrogen and oxygen atoms in total. The number of nitrogens with zero attached hydrogens (tertiary/aromatic N) is 4. The Labute approximate surface area is 206 Å². The van der Waals surface area contributed by atoms with Crippen molar-refractivity contribution in [1.82, 2.24) is 14.9 Å². The molecule has 0 saturated carbocycles. The molecule has 0 spiro atoms. The van der Waals surface area contributed by atoms with Crippen LogP contribution in [0.1, 0.15) is 26.3 Å². The van der Waals surface area contributed by atoms with Gasteiger partial charge in [-0.1, -0.05) is 6.07 Å². The van der Waals surface area contributed by atoms with Gasteiger partial charge in [-0.25, -0.2) is 19.2 Å². The molecule has 1 amide bonds. The van der Waals surface area contributed by atoms with Gasteiger partial charge in [0.1, 0.15) is 28.5 Å². The quantitative estimate of drug-likeness (QED) is 0.521. The average Bonchev–Trinajstić information content (AvgIpc) is 3.22. The van der Waals surface area contributed by atoms with Gasteiger partial charge < -0.3 is 19.1 Å². The molecule has 0 radical (unpaired) electrons. The van der Waals surface area contributed by atoms with E-state index in [1.807, 2.05) is 32.2 Å². The fourth-order valence-corrected chi connectivity index (χ4v) is 5.55. The number of hydrogen-bond acceptors (Lipinski definition) is 8. The van der Waals surface area contributed by atoms with Crippen LogP contribution >= 0.6 is 11.3 Å². The molecule has 2 unspecified atom stereocenters. The number of halogens is 1. The SMILES string of the molecule is CC(C)(C)OC(=O)N1CC2COCC(C1)C2Oc1ncnc2c(-c3ccc(C#N)cc3F)csc12. The first-order valence-corrected chi connectivity index (χ1v) is 12.3. The molecule has 2 aliphatic rings. The molecular weight excluding hydrogens is 471 g/mol. The maximum absolute atomic E-state index is 14.7. The predicted octanol–water partition coefficient (Wildman–Crippen LogP) is 4.63. The summed E-state index contributed by atoms with van der Waals surface area (Å²) in [5.74, 6) is -0.107. The van der Waals surface area contributed by atoms with Gasteiger partial charge in [-0.15, -0.1) is 11.3 Å². The zero-order valence-electron chi connectivity index (χ0n) is 19.7. The van der Waals surface area contributed by atoms with Gasteiger partial charge in [0.25, 0.3) is 0 Å². The van der Waals surface area contributed by atoms with Crippen molar-refractivity contribution in [2.24, 2.45) is 11.8 Å². The van der Waals surface area contributed by atoms with E-state index in [2.05, 4.69) is 9.97 Å². The molecule has 182 valence electrons. The largest absolute Gasteiger partial charge is 0.472 e. The lowest BCUT2D eigenvalue weighted by molar-refractivity contribution is -0.112. The van der Waals surface area contributed by atoms with E-state index in [1.54, 1.807) is 17.0 Å². The van der Waals surface area contributed by atoms with Crippen molar-refractivity contribution < 1.29 is 23.4 Å². The van der Waals surface area contributed by atoms with Gasteiger partial charge >= 0.3 is 6.09 Å². The maximum Gasteiger partial charge on any atom is 0.410 e. The van der Waals surface area contributed by atoms with Crippen molar-refractivity contribution in [2.75, 3.05) is 26.3 Å². The van der Waals surface area contributed by atoms with Crippen molar-refractivity contribution in [1.29, 1.82) is 5.26 Å². The van der Waals surface area contributed by atoms with E-state index in [1.165, 1.54) is 23.7 Å². The van der Waals surface area contributed by atoms with Crippen molar-refractivity contribution in [3.63, 3.8) is 0 Å². The molecule has 2 aromatic heterocycles. The second-order valence-corrected chi connectivity index (χ2v) is 10.7. The van der Waals surface area contributed by atoms with Crippen LogP contribution in [0.2, 0.25) is 0 Å². The number of ether oxygens (including phenoxy) is 3. The predicted molar refractivity (Wildman–Crippen MR) is 128 cm³/mol. The Balaban J connectivity index is 1.40. The number of rotatable bonds is 3. The molecule has 10 heteroatoms. The summed E-state index contributed by atoms with van der Waals surface area (Å²) in [5, 5.41) is 10.8. The second-order valence-electron chi connectivity index (χ2n) is 9.84. The standard InChI is InChI=1S/C25H25FN4O4S/c1-25(2,3)34-24(31)30-8-15-10-32-11-16(9-30)21(15)33-23-22-20(28-13-29-23)18(12-35-22)17-5-4-14(7-27)6-19(17)26/h4-6,12-13,15-16,21H,8-11H2,1-3H3. The molecule has 3 aromatic rings. The van der Waals surface area contributed by atoms with Crippen LogP contribution in [0.3, 0.4) is 0 Å². The maximum atomic E-state index is 14.7. The van der Waals surface area contributed by atoms with E-state index in [9.17, 15) is 9.18 Å². The fraction of sp³-hybridized carbons (Fsp3) is 0.440. The van der Waals surface area contributed by atoms with E-state index in [4.69, 9.17) is 19.5 Å². The van der Waals surface area contributed by atoms with E-state index in [-0.39, 0.29) is 29.6 Å². The van der Waals surface area contributed by atoms with Crippen LogP contribution < -0.4 is 4.74 Å². The van der Waals surface area contributed by atoms with Gasteiger partial charge in [0.2, 0.25) is 5.88 Å². The van der Waals surface area contributed by atoms with Crippen molar-refractivity contribution in [3.05, 3.63) is 41.3 Å². The van der Waals surface area contributed by atoms with Gasteiger partial charge in [-0.05, 0) is 32.9 Å². The number of hydrogen-bond donors (Lipinski definition) is 0. The molecule has 4 heterocycles. The summed E-state index contributed by atoms with van der Waals surface area (Å²) < 4.78 is 33.2. The molecule has 2 aliphatic heterocycles. The third-order valence-electron chi connectivity index (χ3n) is 6.11. The van der Waals surface area contributed by atoms with Crippen LogP contribution in [0.5, 0.6) is 5.88 Å². The lowest BCUT2D eigenvalue weighted by Gasteiger charge is -2.46. The Bertz CT molecular complexity index is 1300. The highest BCUT2D eigenvalue weighted by atomic mass is 32.1. The van der Waals surface area contributed by atoms with E-state index in [0.717, 1.165) is 4.70 Å². The number of thiophene rings is 1. The molecule has 2 saturated heterocycles. The minimum atomic E-state index is -0.562. The van der Waals surface area contributed by atoms with Gasteiger partial charge in [0.05, 0.1) is 30.4 Å². The molecule has 0 aliphatic carbocycles. The van der Waals surface area contributed by atoms with Gasteiger partial charge in [0, 0.05) is 41.4 Å². The van der Waals surface area contributed by atoms with Crippen LogP contribution in [0.15, 0.2) is 29.9 Å². The first-order chi connectivity index (χ1) is 16.7. The summed E-state index contributed by atoms with van der Waals surface area (Å²) in [6.45, 7) is 7.44. The van der Waals surface area contributed by atoms with Gasteiger partial charge in [-0.3, -0.25) is 0 Å². The number of benzene rings is 1. The zero-order chi connectivity index (χ0) is 24.7. The summed E-state index contributed by atoms with van der Waals surface area (Å²) in [6, 6.07) is 6.34. The number of amides is 1. The number of likely N-dealkylation sites (tertiary alicyclic amines) is 1. The van der Waals surface area contributed by atoms with Gasteiger partial charge in [0.15, 0.2) is 0 Å². The van der Waals surface area contributed by atoms with Crippen LogP contribution in [0, 0.1) is 29.0 Å². The minimum absolute atomic E-state index is 0.0320. The summed E-state index contributed by atoms with van der Waals surface area (Å²) in [7, 11) is 0. The molecule has 2 fully saturated rings. The highest BCUT2D eigenvalue weighted by Crippen LogP contribution is 2.40. The summed E-state index contributed by atoms with van der Waals surface area (Å²) in [6.07, 6.45) is 0.903. The summed E-state index contributed by atoms with van der Waals surface area (Å²) in [5.41, 5.74) is 1.29. The van der Waals surface area contributed by atoms with E-state index in [0.29, 0.717) is 48.8 Å². The Kier molecular flexibility index (Phi) is 6.07. The van der Waals surface area contributed by atoms with Crippen molar-refractivity contribution in [2.45, 2.75) is 32.5 Å². The first kappa shape index (κ1) is 23.5. The molecule has 0 N–H and O–H groups in total. The molecule has 2 bridgehead atoms. The Morgan fingerprint density at radius 1 is 1.23 bits per heavy atom. The molecule has 1 aromatic carbocycles. The van der Waals surface area contributed by atoms with Crippen LogP contribution in [-0.2, 0) is 9.47 Å². The second kappa shape index (κ2) is 9.06. The third-order valence-corrected chi connectivity index (χ3v) is 7.07. The minimum Gasteiger partial charge on any atom is -0.472 e. The molecule has 2 atom stereocenters. The molecule has 5 rings (SSSR count). The zero-order valence-corrected chi connectivity index (χ0v) is 20.5. The number of carbonyl (C=O) groups is 1. The van der Waals surface area contributed by atoms with Crippen LogP contribution in [-0.4, -0.2) is 59.0 Å². The number of aromatic nitrogens is 2. The van der Waals surface area contributed by atoms with Crippen molar-refractivity contribution in [3.8, 4) is 23.1 Å².